The summed E-state index contributed by atoms with van der Waals surface area (Å²) in [7, 11) is 0. The normalized spacial score (nSPS) is 20.5. The lowest BCUT2D eigenvalue weighted by molar-refractivity contribution is 0.0669. The Kier molecular flexibility index (Phi) is 6.80. The van der Waals surface area contributed by atoms with E-state index in [1.54, 1.807) is 0 Å². The fourth-order valence-corrected chi connectivity index (χ4v) is 4.08. The van der Waals surface area contributed by atoms with Crippen LogP contribution in [0.3, 0.4) is 0 Å². The number of para-hydroxylation sites is 1. The minimum Gasteiger partial charge on any atom is -0.490 e. The lowest BCUT2D eigenvalue weighted by Gasteiger charge is -2.32. The van der Waals surface area contributed by atoms with Crippen molar-refractivity contribution in [2.24, 2.45) is 0 Å². The monoisotopic (exact) mass is 394 g/mol. The first-order valence-electron chi connectivity index (χ1n) is 10.7. The van der Waals surface area contributed by atoms with E-state index in [1.165, 1.54) is 5.56 Å². The molecule has 2 saturated heterocycles. The summed E-state index contributed by atoms with van der Waals surface area (Å²) in [6.07, 6.45) is 4.18. The maximum atomic E-state index is 12.9. The summed E-state index contributed by atoms with van der Waals surface area (Å²) in [6.45, 7) is 4.27. The fraction of sp³-hybridized carbons (Fsp3) is 0.458. The van der Waals surface area contributed by atoms with Crippen molar-refractivity contribution in [1.29, 1.82) is 0 Å². The predicted molar refractivity (Wildman–Crippen MR) is 113 cm³/mol. The van der Waals surface area contributed by atoms with Crippen LogP contribution in [0.1, 0.15) is 41.6 Å². The number of carbonyl (C=O) groups is 1. The third-order valence-corrected chi connectivity index (χ3v) is 5.75. The largest absolute Gasteiger partial charge is 0.490 e. The molecule has 5 nitrogen and oxygen atoms in total. The van der Waals surface area contributed by atoms with Crippen LogP contribution in [0.25, 0.3) is 0 Å². The zero-order valence-corrected chi connectivity index (χ0v) is 16.9. The summed E-state index contributed by atoms with van der Waals surface area (Å²) in [5.41, 5.74) is 1.95. The zero-order valence-electron chi connectivity index (χ0n) is 16.9. The van der Waals surface area contributed by atoms with Gasteiger partial charge in [0, 0.05) is 32.3 Å². The molecule has 0 aliphatic carbocycles. The summed E-state index contributed by atoms with van der Waals surface area (Å²) in [5.74, 6) is 0.594. The van der Waals surface area contributed by atoms with Crippen molar-refractivity contribution in [1.82, 2.24) is 10.2 Å². The highest BCUT2D eigenvalue weighted by Gasteiger charge is 2.23. The number of nitrogens with one attached hydrogen (secondary N) is 1. The molecule has 0 saturated carbocycles. The number of benzene rings is 2. The number of hydrogen-bond donors (Lipinski definition) is 1. The molecular weight excluding hydrogens is 364 g/mol. The maximum absolute atomic E-state index is 12.9. The quantitative estimate of drug-likeness (QED) is 0.779. The number of amides is 1. The number of carbonyl (C=O) groups excluding carboxylic acids is 1. The van der Waals surface area contributed by atoms with Crippen molar-refractivity contribution in [2.75, 3.05) is 26.3 Å². The van der Waals surface area contributed by atoms with Crippen LogP contribution in [-0.2, 0) is 11.3 Å². The van der Waals surface area contributed by atoms with E-state index in [-0.39, 0.29) is 18.1 Å². The van der Waals surface area contributed by atoms with Gasteiger partial charge in [0.2, 0.25) is 0 Å². The Morgan fingerprint density at radius 1 is 1.03 bits per heavy atom. The van der Waals surface area contributed by atoms with Crippen molar-refractivity contribution in [3.8, 4) is 5.75 Å². The fourth-order valence-electron chi connectivity index (χ4n) is 4.08. The van der Waals surface area contributed by atoms with Gasteiger partial charge in [-0.2, -0.15) is 0 Å². The molecule has 2 aliphatic rings. The molecule has 1 amide bonds. The lowest BCUT2D eigenvalue weighted by Crippen LogP contribution is -2.44. The standard InChI is InChI=1S/C24H30N2O3/c27-24(22-10-4-5-11-23(22)29-18-21-9-6-16-28-21)25-20-12-14-26(15-13-20)17-19-7-2-1-3-8-19/h1-5,7-8,10-11,20-21H,6,9,12-18H2,(H,25,27). The van der Waals surface area contributed by atoms with Gasteiger partial charge in [0.15, 0.2) is 0 Å². The Balaban J connectivity index is 1.27. The number of likely N-dealkylation sites (tertiary alicyclic amines) is 1. The third kappa shape index (κ3) is 5.58. The summed E-state index contributed by atoms with van der Waals surface area (Å²) < 4.78 is 11.5. The molecule has 154 valence electrons. The molecule has 2 heterocycles. The second-order valence-corrected chi connectivity index (χ2v) is 7.95. The van der Waals surface area contributed by atoms with Gasteiger partial charge in [0.1, 0.15) is 12.4 Å². The minimum atomic E-state index is -0.0468. The second kappa shape index (κ2) is 9.90. The average molecular weight is 395 g/mol. The number of ether oxygens (including phenoxy) is 2. The van der Waals surface area contributed by atoms with Gasteiger partial charge in [-0.3, -0.25) is 9.69 Å². The van der Waals surface area contributed by atoms with Crippen molar-refractivity contribution in [3.63, 3.8) is 0 Å². The molecule has 5 heteroatoms. The van der Waals surface area contributed by atoms with E-state index >= 15 is 0 Å². The van der Waals surface area contributed by atoms with E-state index in [0.717, 1.165) is 51.9 Å². The first-order valence-corrected chi connectivity index (χ1v) is 10.7. The van der Waals surface area contributed by atoms with E-state index < -0.39 is 0 Å². The minimum absolute atomic E-state index is 0.0468. The van der Waals surface area contributed by atoms with Gasteiger partial charge in [0.25, 0.3) is 5.91 Å². The van der Waals surface area contributed by atoms with Crippen LogP contribution in [0.5, 0.6) is 5.75 Å². The smallest absolute Gasteiger partial charge is 0.255 e. The number of hydrogen-bond acceptors (Lipinski definition) is 4. The third-order valence-electron chi connectivity index (χ3n) is 5.75. The van der Waals surface area contributed by atoms with Gasteiger partial charge in [-0.15, -0.1) is 0 Å². The van der Waals surface area contributed by atoms with Crippen molar-refractivity contribution >= 4 is 5.91 Å². The zero-order chi connectivity index (χ0) is 19.9. The molecule has 1 N–H and O–H groups in total. The Morgan fingerprint density at radius 2 is 1.79 bits per heavy atom. The van der Waals surface area contributed by atoms with Crippen LogP contribution in [-0.4, -0.2) is 49.3 Å². The van der Waals surface area contributed by atoms with E-state index in [4.69, 9.17) is 9.47 Å². The van der Waals surface area contributed by atoms with E-state index in [9.17, 15) is 4.79 Å². The van der Waals surface area contributed by atoms with Crippen LogP contribution in [0, 0.1) is 0 Å². The number of nitrogens with zero attached hydrogens (tertiary/aromatic N) is 1. The van der Waals surface area contributed by atoms with Crippen molar-refractivity contribution in [3.05, 3.63) is 65.7 Å². The van der Waals surface area contributed by atoms with Crippen LogP contribution in [0.15, 0.2) is 54.6 Å². The van der Waals surface area contributed by atoms with E-state index in [2.05, 4.69) is 34.5 Å². The molecule has 2 fully saturated rings. The van der Waals surface area contributed by atoms with Crippen LogP contribution in [0.2, 0.25) is 0 Å². The molecule has 2 aromatic rings. The van der Waals surface area contributed by atoms with Gasteiger partial charge in [-0.25, -0.2) is 0 Å². The Labute approximate surface area is 173 Å². The van der Waals surface area contributed by atoms with Crippen molar-refractivity contribution in [2.45, 2.75) is 44.4 Å². The highest BCUT2D eigenvalue weighted by atomic mass is 16.5. The molecule has 2 aromatic carbocycles. The van der Waals surface area contributed by atoms with Crippen molar-refractivity contribution < 1.29 is 14.3 Å². The molecule has 0 spiro atoms. The van der Waals surface area contributed by atoms with Gasteiger partial charge >= 0.3 is 0 Å². The van der Waals surface area contributed by atoms with E-state index in [0.29, 0.717) is 17.9 Å². The van der Waals surface area contributed by atoms with Gasteiger partial charge in [-0.05, 0) is 43.4 Å². The maximum Gasteiger partial charge on any atom is 0.255 e. The summed E-state index contributed by atoms with van der Waals surface area (Å²) in [4.78, 5) is 15.3. The molecule has 2 aliphatic heterocycles. The molecule has 1 unspecified atom stereocenters. The molecule has 1 atom stereocenters. The summed E-state index contributed by atoms with van der Waals surface area (Å²) in [5, 5.41) is 3.21. The predicted octanol–water partition coefficient (Wildman–Crippen LogP) is 3.64. The van der Waals surface area contributed by atoms with Gasteiger partial charge < -0.3 is 14.8 Å². The SMILES string of the molecule is O=C(NC1CCN(Cc2ccccc2)CC1)c1ccccc1OCC1CCCO1. The summed E-state index contributed by atoms with van der Waals surface area (Å²) in [6, 6.07) is 18.3. The number of rotatable bonds is 7. The van der Waals surface area contributed by atoms with Crippen LogP contribution in [0.4, 0.5) is 0 Å². The average Bonchev–Trinajstić information content (AvgIpc) is 3.28. The van der Waals surface area contributed by atoms with Crippen LogP contribution < -0.4 is 10.1 Å². The highest BCUT2D eigenvalue weighted by Crippen LogP contribution is 2.21. The lowest BCUT2D eigenvalue weighted by atomic mass is 10.0. The molecule has 4 rings (SSSR count). The Hall–Kier alpha value is -2.37. The topological polar surface area (TPSA) is 50.8 Å². The molecule has 0 bridgehead atoms. The Bertz CT molecular complexity index is 782. The second-order valence-electron chi connectivity index (χ2n) is 7.95. The van der Waals surface area contributed by atoms with E-state index in [1.807, 2.05) is 30.3 Å². The highest BCUT2D eigenvalue weighted by molar-refractivity contribution is 5.97. The first-order chi connectivity index (χ1) is 14.3. The molecule has 29 heavy (non-hydrogen) atoms. The van der Waals surface area contributed by atoms with Crippen LogP contribution >= 0.6 is 0 Å². The molecule has 0 radical (unpaired) electrons. The molecular formula is C24H30N2O3. The van der Waals surface area contributed by atoms with Gasteiger partial charge in [-0.1, -0.05) is 42.5 Å². The first kappa shape index (κ1) is 19.9. The Morgan fingerprint density at radius 3 is 2.55 bits per heavy atom. The number of piperidine rings is 1. The molecule has 0 aromatic heterocycles. The summed E-state index contributed by atoms with van der Waals surface area (Å²) >= 11 is 0. The van der Waals surface area contributed by atoms with Gasteiger partial charge in [0.05, 0.1) is 11.7 Å².